The van der Waals surface area contributed by atoms with Gasteiger partial charge in [0.05, 0.1) is 13.3 Å². The van der Waals surface area contributed by atoms with Crippen LogP contribution in [0, 0.1) is 0 Å². The third kappa shape index (κ3) is 2.32. The predicted molar refractivity (Wildman–Crippen MR) is 66.1 cm³/mol. The molecule has 4 nitrogen and oxygen atoms in total. The Labute approximate surface area is 103 Å². The molecule has 0 spiro atoms. The number of nitrogens with zero attached hydrogens (tertiary/aromatic N) is 2. The maximum atomic E-state index is 10.8. The predicted octanol–water partition coefficient (Wildman–Crippen LogP) is 2.45. The van der Waals surface area contributed by atoms with E-state index in [4.69, 9.17) is 4.74 Å². The normalized spacial score (nSPS) is 19.2. The van der Waals surface area contributed by atoms with Gasteiger partial charge in [0, 0.05) is 6.54 Å². The third-order valence-electron chi connectivity index (χ3n) is 3.58. The molecule has 0 radical (unpaired) electrons. The molecule has 2 rings (SSSR count). The maximum absolute atomic E-state index is 10.8. The summed E-state index contributed by atoms with van der Waals surface area (Å²) in [4.78, 5) is 0. The summed E-state index contributed by atoms with van der Waals surface area (Å²) in [6.07, 6.45) is 7.74. The van der Waals surface area contributed by atoms with E-state index < -0.39 is 5.60 Å². The van der Waals surface area contributed by atoms with Gasteiger partial charge in [0.1, 0.15) is 11.3 Å². The molecule has 1 fully saturated rings. The molecule has 1 saturated carbocycles. The van der Waals surface area contributed by atoms with Crippen molar-refractivity contribution in [3.8, 4) is 5.75 Å². The number of methoxy groups -OCH3 is 1. The molecule has 1 aromatic heterocycles. The summed E-state index contributed by atoms with van der Waals surface area (Å²) in [7, 11) is 1.64. The van der Waals surface area contributed by atoms with E-state index in [9.17, 15) is 5.11 Å². The molecule has 1 heterocycles. The number of aryl methyl sites for hydroxylation is 1. The number of hydrogen-bond donors (Lipinski definition) is 1. The van der Waals surface area contributed by atoms with Crippen LogP contribution >= 0.6 is 0 Å². The second-order valence-corrected chi connectivity index (χ2v) is 4.88. The number of ether oxygens (including phenoxy) is 1. The number of rotatable bonds is 4. The van der Waals surface area contributed by atoms with E-state index in [1.54, 1.807) is 13.3 Å². The fourth-order valence-corrected chi connectivity index (χ4v) is 2.74. The summed E-state index contributed by atoms with van der Waals surface area (Å²) >= 11 is 0. The first-order chi connectivity index (χ1) is 8.21. The molecule has 1 aromatic rings. The SMILES string of the molecule is CCCn1ncc(OC)c1C1(O)CCCCC1. The topological polar surface area (TPSA) is 47.3 Å². The quantitative estimate of drug-likeness (QED) is 0.876. The highest BCUT2D eigenvalue weighted by molar-refractivity contribution is 5.31. The van der Waals surface area contributed by atoms with Crippen LogP contribution in [0.2, 0.25) is 0 Å². The molecule has 0 unspecified atom stereocenters. The van der Waals surface area contributed by atoms with Crippen molar-refractivity contribution in [2.75, 3.05) is 7.11 Å². The van der Waals surface area contributed by atoms with Crippen LogP contribution in [0.25, 0.3) is 0 Å². The van der Waals surface area contributed by atoms with Crippen molar-refractivity contribution in [2.45, 2.75) is 57.6 Å². The van der Waals surface area contributed by atoms with E-state index in [0.717, 1.165) is 50.1 Å². The van der Waals surface area contributed by atoms with Crippen LogP contribution in [0.1, 0.15) is 51.1 Å². The van der Waals surface area contributed by atoms with Crippen molar-refractivity contribution < 1.29 is 9.84 Å². The summed E-state index contributed by atoms with van der Waals surface area (Å²) in [5.41, 5.74) is 0.136. The molecule has 4 heteroatoms. The molecule has 0 saturated heterocycles. The highest BCUT2D eigenvalue weighted by Gasteiger charge is 2.37. The molecule has 1 aliphatic rings. The van der Waals surface area contributed by atoms with Gasteiger partial charge in [-0.25, -0.2) is 0 Å². The molecule has 1 N–H and O–H groups in total. The average Bonchev–Trinajstić information content (AvgIpc) is 2.74. The third-order valence-corrected chi connectivity index (χ3v) is 3.58. The monoisotopic (exact) mass is 238 g/mol. The molecular formula is C13H22N2O2. The minimum absolute atomic E-state index is 0.725. The second kappa shape index (κ2) is 5.08. The van der Waals surface area contributed by atoms with Gasteiger partial charge in [-0.1, -0.05) is 26.2 Å². The van der Waals surface area contributed by atoms with Crippen LogP contribution in [0.15, 0.2) is 6.20 Å². The number of aliphatic hydroxyl groups is 1. The van der Waals surface area contributed by atoms with Crippen molar-refractivity contribution in [2.24, 2.45) is 0 Å². The molecule has 0 aliphatic heterocycles. The van der Waals surface area contributed by atoms with Crippen molar-refractivity contribution >= 4 is 0 Å². The maximum Gasteiger partial charge on any atom is 0.162 e. The fourth-order valence-electron chi connectivity index (χ4n) is 2.74. The smallest absolute Gasteiger partial charge is 0.162 e. The van der Waals surface area contributed by atoms with Crippen LogP contribution in [0.5, 0.6) is 5.75 Å². The molecule has 1 aliphatic carbocycles. The molecule has 0 amide bonds. The minimum Gasteiger partial charge on any atom is -0.493 e. The van der Waals surface area contributed by atoms with Gasteiger partial charge in [0.15, 0.2) is 5.75 Å². The second-order valence-electron chi connectivity index (χ2n) is 4.88. The van der Waals surface area contributed by atoms with Crippen molar-refractivity contribution in [1.29, 1.82) is 0 Å². The molecule has 0 bridgehead atoms. The Balaban J connectivity index is 2.36. The summed E-state index contributed by atoms with van der Waals surface area (Å²) in [6.45, 7) is 2.95. The van der Waals surface area contributed by atoms with Gasteiger partial charge in [0.2, 0.25) is 0 Å². The van der Waals surface area contributed by atoms with Gasteiger partial charge >= 0.3 is 0 Å². The Morgan fingerprint density at radius 2 is 2.12 bits per heavy atom. The molecule has 0 atom stereocenters. The average molecular weight is 238 g/mol. The fraction of sp³-hybridized carbons (Fsp3) is 0.769. The highest BCUT2D eigenvalue weighted by Crippen LogP contribution is 2.41. The summed E-state index contributed by atoms with van der Waals surface area (Å²) < 4.78 is 7.25. The van der Waals surface area contributed by atoms with Crippen LogP contribution in [-0.2, 0) is 12.1 Å². The van der Waals surface area contributed by atoms with Crippen LogP contribution in [-0.4, -0.2) is 22.0 Å². The van der Waals surface area contributed by atoms with E-state index in [2.05, 4.69) is 12.0 Å². The summed E-state index contributed by atoms with van der Waals surface area (Å²) in [5, 5.41) is 15.1. The van der Waals surface area contributed by atoms with Gasteiger partial charge in [-0.05, 0) is 19.3 Å². The first-order valence-electron chi connectivity index (χ1n) is 6.54. The van der Waals surface area contributed by atoms with E-state index in [-0.39, 0.29) is 0 Å². The van der Waals surface area contributed by atoms with Crippen LogP contribution < -0.4 is 4.74 Å². The number of hydrogen-bond acceptors (Lipinski definition) is 3. The summed E-state index contributed by atoms with van der Waals surface area (Å²) in [5.74, 6) is 0.725. The van der Waals surface area contributed by atoms with E-state index in [1.807, 2.05) is 4.68 Å². The van der Waals surface area contributed by atoms with Crippen molar-refractivity contribution in [1.82, 2.24) is 9.78 Å². The lowest BCUT2D eigenvalue weighted by Gasteiger charge is -2.33. The summed E-state index contributed by atoms with van der Waals surface area (Å²) in [6, 6.07) is 0. The standard InChI is InChI=1S/C13H22N2O2/c1-3-9-15-12(11(17-2)10-14-15)13(16)7-5-4-6-8-13/h10,16H,3-9H2,1-2H3. The lowest BCUT2D eigenvalue weighted by molar-refractivity contribution is -0.0108. The van der Waals surface area contributed by atoms with Crippen molar-refractivity contribution in [3.63, 3.8) is 0 Å². The van der Waals surface area contributed by atoms with Gasteiger partial charge in [-0.15, -0.1) is 0 Å². The van der Waals surface area contributed by atoms with Crippen LogP contribution in [0.3, 0.4) is 0 Å². The zero-order chi connectivity index (χ0) is 12.3. The zero-order valence-electron chi connectivity index (χ0n) is 10.8. The molecule has 17 heavy (non-hydrogen) atoms. The van der Waals surface area contributed by atoms with E-state index in [0.29, 0.717) is 0 Å². The van der Waals surface area contributed by atoms with Gasteiger partial charge in [-0.2, -0.15) is 5.10 Å². The van der Waals surface area contributed by atoms with Crippen molar-refractivity contribution in [3.05, 3.63) is 11.9 Å². The lowest BCUT2D eigenvalue weighted by Crippen LogP contribution is -2.32. The Morgan fingerprint density at radius 1 is 1.41 bits per heavy atom. The van der Waals surface area contributed by atoms with E-state index >= 15 is 0 Å². The first kappa shape index (κ1) is 12.4. The minimum atomic E-state index is -0.741. The Bertz CT molecular complexity index is 367. The van der Waals surface area contributed by atoms with Crippen LogP contribution in [0.4, 0.5) is 0 Å². The Hall–Kier alpha value is -1.03. The van der Waals surface area contributed by atoms with E-state index in [1.165, 1.54) is 6.42 Å². The van der Waals surface area contributed by atoms with Gasteiger partial charge in [0.25, 0.3) is 0 Å². The Morgan fingerprint density at radius 3 is 2.71 bits per heavy atom. The molecular weight excluding hydrogens is 216 g/mol. The zero-order valence-corrected chi connectivity index (χ0v) is 10.8. The molecule has 96 valence electrons. The van der Waals surface area contributed by atoms with Gasteiger partial charge < -0.3 is 9.84 Å². The first-order valence-corrected chi connectivity index (χ1v) is 6.54. The lowest BCUT2D eigenvalue weighted by atomic mass is 9.82. The Kier molecular flexibility index (Phi) is 3.72. The highest BCUT2D eigenvalue weighted by atomic mass is 16.5. The van der Waals surface area contributed by atoms with Gasteiger partial charge in [-0.3, -0.25) is 4.68 Å². The number of aromatic nitrogens is 2. The molecule has 0 aromatic carbocycles. The largest absolute Gasteiger partial charge is 0.493 e.